The molecule has 1 aliphatic carbocycles. The number of benzene rings is 1. The number of aromatic nitrogens is 1. The van der Waals surface area contributed by atoms with Gasteiger partial charge < -0.3 is 10.4 Å². The average Bonchev–Trinajstić information content (AvgIpc) is 2.90. The van der Waals surface area contributed by atoms with Gasteiger partial charge in [-0.1, -0.05) is 6.07 Å². The normalized spacial score (nSPS) is 20.1. The summed E-state index contributed by atoms with van der Waals surface area (Å²) in [5.74, 6) is -1.84. The number of halogens is 2. The maximum Gasteiger partial charge on any atom is 0.159 e. The highest BCUT2D eigenvalue weighted by Gasteiger charge is 2.27. The van der Waals surface area contributed by atoms with E-state index in [4.69, 9.17) is 0 Å². The minimum atomic E-state index is -0.938. The summed E-state index contributed by atoms with van der Waals surface area (Å²) in [6, 6.07) is 3.40. The summed E-state index contributed by atoms with van der Waals surface area (Å²) < 4.78 is 26.4. The number of hydrogen-bond donors (Lipinski definition) is 2. The van der Waals surface area contributed by atoms with Crippen LogP contribution >= 0.6 is 11.3 Å². The molecule has 0 fully saturated rings. The zero-order chi connectivity index (χ0) is 16.6. The van der Waals surface area contributed by atoms with Gasteiger partial charge in [0.25, 0.3) is 0 Å². The molecule has 6 heteroatoms. The summed E-state index contributed by atoms with van der Waals surface area (Å²) in [6.45, 7) is 3.85. The van der Waals surface area contributed by atoms with Crippen LogP contribution in [-0.2, 0) is 6.42 Å². The van der Waals surface area contributed by atoms with E-state index in [0.717, 1.165) is 42.1 Å². The highest BCUT2D eigenvalue weighted by atomic mass is 32.1. The number of rotatable bonds is 4. The molecule has 1 aliphatic rings. The standard InChI is InChI=1S/C17H20F2N2OS/c1-9(16(22)11-6-7-12(18)13(19)8-11)20-14-4-3-5-15-17(14)23-10(2)21-15/h6-9,14,16,20,22H,3-5H2,1-2H3. The van der Waals surface area contributed by atoms with Crippen molar-refractivity contribution in [3.63, 3.8) is 0 Å². The average molecular weight is 338 g/mol. The second-order valence-corrected chi connectivity index (χ2v) is 7.30. The summed E-state index contributed by atoms with van der Waals surface area (Å²) in [4.78, 5) is 5.79. The molecule has 0 aliphatic heterocycles. The highest BCUT2D eigenvalue weighted by molar-refractivity contribution is 7.11. The molecule has 3 unspecified atom stereocenters. The fourth-order valence-electron chi connectivity index (χ4n) is 3.09. The Labute approximate surface area is 138 Å². The molecule has 0 saturated carbocycles. The van der Waals surface area contributed by atoms with Crippen LogP contribution in [-0.4, -0.2) is 16.1 Å². The number of aliphatic hydroxyl groups excluding tert-OH is 1. The molecule has 2 aromatic rings. The van der Waals surface area contributed by atoms with Crippen LogP contribution in [0.5, 0.6) is 0 Å². The van der Waals surface area contributed by atoms with E-state index in [0.29, 0.717) is 5.56 Å². The zero-order valence-corrected chi connectivity index (χ0v) is 14.0. The van der Waals surface area contributed by atoms with Gasteiger partial charge in [-0.3, -0.25) is 0 Å². The predicted octanol–water partition coefficient (Wildman–Crippen LogP) is 3.82. The van der Waals surface area contributed by atoms with Gasteiger partial charge in [0.05, 0.1) is 16.8 Å². The number of aryl methyl sites for hydroxylation is 2. The van der Waals surface area contributed by atoms with E-state index in [1.54, 1.807) is 11.3 Å². The Bertz CT molecular complexity index is 704. The molecule has 3 nitrogen and oxygen atoms in total. The maximum absolute atomic E-state index is 13.3. The molecule has 1 aromatic heterocycles. The largest absolute Gasteiger partial charge is 0.387 e. The van der Waals surface area contributed by atoms with Crippen molar-refractivity contribution < 1.29 is 13.9 Å². The van der Waals surface area contributed by atoms with Crippen LogP contribution in [0.3, 0.4) is 0 Å². The zero-order valence-electron chi connectivity index (χ0n) is 13.1. The molecule has 124 valence electrons. The molecule has 0 spiro atoms. The number of fused-ring (bicyclic) bond motifs is 1. The molecule has 0 bridgehead atoms. The molecular weight excluding hydrogens is 318 g/mol. The van der Waals surface area contributed by atoms with Gasteiger partial charge in [0.1, 0.15) is 0 Å². The Hall–Kier alpha value is -1.37. The molecule has 23 heavy (non-hydrogen) atoms. The Morgan fingerprint density at radius 2 is 2.13 bits per heavy atom. The van der Waals surface area contributed by atoms with E-state index in [2.05, 4.69) is 10.3 Å². The van der Waals surface area contributed by atoms with E-state index >= 15 is 0 Å². The van der Waals surface area contributed by atoms with Gasteiger partial charge in [0, 0.05) is 17.0 Å². The summed E-state index contributed by atoms with van der Waals surface area (Å²) in [5, 5.41) is 14.9. The van der Waals surface area contributed by atoms with E-state index in [1.807, 2.05) is 13.8 Å². The predicted molar refractivity (Wildman–Crippen MR) is 86.4 cm³/mol. The fraction of sp³-hybridized carbons (Fsp3) is 0.471. The molecule has 0 radical (unpaired) electrons. The van der Waals surface area contributed by atoms with Crippen LogP contribution in [0.2, 0.25) is 0 Å². The summed E-state index contributed by atoms with van der Waals surface area (Å²) in [7, 11) is 0. The van der Waals surface area contributed by atoms with Gasteiger partial charge in [0.2, 0.25) is 0 Å². The van der Waals surface area contributed by atoms with Crippen LogP contribution in [0.4, 0.5) is 8.78 Å². The molecule has 1 heterocycles. The first-order valence-corrected chi connectivity index (χ1v) is 8.62. The third-order valence-corrected chi connectivity index (χ3v) is 5.41. The van der Waals surface area contributed by atoms with E-state index < -0.39 is 17.7 Å². The van der Waals surface area contributed by atoms with Crippen molar-refractivity contribution >= 4 is 11.3 Å². The number of aliphatic hydroxyl groups is 1. The smallest absolute Gasteiger partial charge is 0.159 e. The van der Waals surface area contributed by atoms with Crippen molar-refractivity contribution in [3.8, 4) is 0 Å². The van der Waals surface area contributed by atoms with Crippen molar-refractivity contribution in [2.45, 2.75) is 51.3 Å². The van der Waals surface area contributed by atoms with Gasteiger partial charge in [-0.2, -0.15) is 0 Å². The van der Waals surface area contributed by atoms with Crippen LogP contribution in [0.25, 0.3) is 0 Å². The first-order chi connectivity index (χ1) is 11.0. The minimum Gasteiger partial charge on any atom is -0.387 e. The Kier molecular flexibility index (Phi) is 4.75. The van der Waals surface area contributed by atoms with Crippen molar-refractivity contribution in [1.82, 2.24) is 10.3 Å². The van der Waals surface area contributed by atoms with Crippen LogP contribution < -0.4 is 5.32 Å². The van der Waals surface area contributed by atoms with Gasteiger partial charge >= 0.3 is 0 Å². The SMILES string of the molecule is Cc1nc2c(s1)C(NC(C)C(O)c1ccc(F)c(F)c1)CCC2. The van der Waals surface area contributed by atoms with Crippen LogP contribution in [0.15, 0.2) is 18.2 Å². The summed E-state index contributed by atoms with van der Waals surface area (Å²) in [6.07, 6.45) is 2.15. The lowest BCUT2D eigenvalue weighted by molar-refractivity contribution is 0.127. The molecule has 2 N–H and O–H groups in total. The fourth-order valence-corrected chi connectivity index (χ4v) is 4.16. The lowest BCUT2D eigenvalue weighted by Crippen LogP contribution is -2.36. The molecule has 1 aromatic carbocycles. The number of nitrogens with zero attached hydrogens (tertiary/aromatic N) is 1. The maximum atomic E-state index is 13.3. The van der Waals surface area contributed by atoms with Crippen molar-refractivity contribution in [2.24, 2.45) is 0 Å². The molecule has 0 amide bonds. The Balaban J connectivity index is 1.74. The van der Waals surface area contributed by atoms with Gasteiger partial charge in [-0.15, -0.1) is 11.3 Å². The van der Waals surface area contributed by atoms with Crippen molar-refractivity contribution in [1.29, 1.82) is 0 Å². The third-order valence-electron chi connectivity index (χ3n) is 4.28. The second-order valence-electron chi connectivity index (χ2n) is 6.06. The highest BCUT2D eigenvalue weighted by Crippen LogP contribution is 2.35. The topological polar surface area (TPSA) is 45.2 Å². The first-order valence-electron chi connectivity index (χ1n) is 7.81. The van der Waals surface area contributed by atoms with Crippen molar-refractivity contribution in [2.75, 3.05) is 0 Å². The quantitative estimate of drug-likeness (QED) is 0.891. The number of thiazole rings is 1. The lowest BCUT2D eigenvalue weighted by Gasteiger charge is -2.29. The van der Waals surface area contributed by atoms with Gasteiger partial charge in [0.15, 0.2) is 11.6 Å². The summed E-state index contributed by atoms with van der Waals surface area (Å²) in [5.41, 5.74) is 1.52. The lowest BCUT2D eigenvalue weighted by atomic mass is 9.95. The molecule has 3 atom stereocenters. The van der Waals surface area contributed by atoms with E-state index in [9.17, 15) is 13.9 Å². The number of nitrogens with one attached hydrogen (secondary N) is 1. The van der Waals surface area contributed by atoms with E-state index in [1.165, 1.54) is 10.9 Å². The van der Waals surface area contributed by atoms with Gasteiger partial charge in [-0.05, 0) is 50.8 Å². The van der Waals surface area contributed by atoms with Gasteiger partial charge in [-0.25, -0.2) is 13.8 Å². The molecular formula is C17H20F2N2OS. The van der Waals surface area contributed by atoms with Crippen LogP contribution in [0, 0.1) is 18.6 Å². The van der Waals surface area contributed by atoms with Crippen molar-refractivity contribution in [3.05, 3.63) is 51.0 Å². The molecule has 0 saturated heterocycles. The minimum absolute atomic E-state index is 0.153. The monoisotopic (exact) mass is 338 g/mol. The molecule has 3 rings (SSSR count). The Morgan fingerprint density at radius 1 is 1.35 bits per heavy atom. The first kappa shape index (κ1) is 16.5. The third kappa shape index (κ3) is 3.44. The van der Waals surface area contributed by atoms with E-state index in [-0.39, 0.29) is 12.1 Å². The second kappa shape index (κ2) is 6.63. The Morgan fingerprint density at radius 3 is 2.87 bits per heavy atom. The summed E-state index contributed by atoms with van der Waals surface area (Å²) >= 11 is 1.69. The number of hydrogen-bond acceptors (Lipinski definition) is 4. The van der Waals surface area contributed by atoms with Crippen LogP contribution in [0.1, 0.15) is 53.1 Å².